The first-order valence-electron chi connectivity index (χ1n) is 7.89. The van der Waals surface area contributed by atoms with Crippen molar-refractivity contribution in [3.8, 4) is 0 Å². The zero-order valence-corrected chi connectivity index (χ0v) is 13.2. The Hall–Kier alpha value is -1.30. The number of unbranched alkanes of at least 4 members (excludes halogenated alkanes) is 1. The summed E-state index contributed by atoms with van der Waals surface area (Å²) in [7, 11) is 0. The van der Waals surface area contributed by atoms with Crippen LogP contribution in [0.15, 0.2) is 0 Å². The molecule has 122 valence electrons. The van der Waals surface area contributed by atoms with E-state index in [0.717, 1.165) is 19.3 Å². The van der Waals surface area contributed by atoms with Crippen molar-refractivity contribution in [3.05, 3.63) is 0 Å². The Morgan fingerprint density at radius 2 is 1.95 bits per heavy atom. The van der Waals surface area contributed by atoms with E-state index < -0.39 is 11.4 Å². The molecule has 0 saturated carbocycles. The largest absolute Gasteiger partial charge is 0.481 e. The second-order valence-electron chi connectivity index (χ2n) is 5.85. The van der Waals surface area contributed by atoms with E-state index in [2.05, 4.69) is 0 Å². The van der Waals surface area contributed by atoms with Gasteiger partial charge in [0.15, 0.2) is 0 Å². The molecule has 0 aromatic heterocycles. The van der Waals surface area contributed by atoms with Gasteiger partial charge in [-0.1, -0.05) is 26.7 Å². The Balaban J connectivity index is 2.72. The fourth-order valence-corrected chi connectivity index (χ4v) is 2.97. The lowest BCUT2D eigenvalue weighted by Crippen LogP contribution is -2.45. The summed E-state index contributed by atoms with van der Waals surface area (Å²) in [5.74, 6) is -0.804. The maximum absolute atomic E-state index is 12.5. The average Bonchev–Trinajstić information content (AvgIpc) is 2.89. The van der Waals surface area contributed by atoms with Crippen LogP contribution in [0.2, 0.25) is 0 Å². The minimum atomic E-state index is -0.804. The summed E-state index contributed by atoms with van der Waals surface area (Å²) in [6, 6.07) is -0.142. The van der Waals surface area contributed by atoms with Crippen molar-refractivity contribution in [3.63, 3.8) is 0 Å². The highest BCUT2D eigenvalue weighted by Crippen LogP contribution is 2.36. The van der Waals surface area contributed by atoms with Crippen LogP contribution >= 0.6 is 0 Å². The molecule has 2 N–H and O–H groups in total. The molecule has 2 amide bonds. The first kappa shape index (κ1) is 17.8. The van der Waals surface area contributed by atoms with E-state index in [1.165, 1.54) is 0 Å². The van der Waals surface area contributed by atoms with Crippen LogP contribution in [0.1, 0.15) is 46.0 Å². The van der Waals surface area contributed by atoms with Gasteiger partial charge in [0, 0.05) is 26.2 Å². The second-order valence-corrected chi connectivity index (χ2v) is 5.85. The number of likely N-dealkylation sites (tertiary alicyclic amines) is 1. The molecule has 1 aliphatic rings. The predicted octanol–water partition coefficient (Wildman–Crippen LogP) is 1.78. The minimum Gasteiger partial charge on any atom is -0.481 e. The Labute approximate surface area is 126 Å². The third kappa shape index (κ3) is 4.33. The molecule has 6 heteroatoms. The summed E-state index contributed by atoms with van der Waals surface area (Å²) < 4.78 is 0. The lowest BCUT2D eigenvalue weighted by molar-refractivity contribution is -0.148. The first-order valence-corrected chi connectivity index (χ1v) is 7.89. The molecule has 6 nitrogen and oxygen atoms in total. The molecular formula is C15H28N2O4. The van der Waals surface area contributed by atoms with Crippen molar-refractivity contribution < 1.29 is 19.8 Å². The van der Waals surface area contributed by atoms with Gasteiger partial charge >= 0.3 is 12.0 Å². The molecule has 1 saturated heterocycles. The number of carboxylic acids is 1. The number of carbonyl (C=O) groups is 2. The summed E-state index contributed by atoms with van der Waals surface area (Å²) in [5.41, 5.74) is -0.792. The van der Waals surface area contributed by atoms with Gasteiger partial charge in [0.25, 0.3) is 0 Å². The van der Waals surface area contributed by atoms with Gasteiger partial charge < -0.3 is 20.0 Å². The zero-order valence-electron chi connectivity index (χ0n) is 13.2. The molecule has 21 heavy (non-hydrogen) atoms. The van der Waals surface area contributed by atoms with Gasteiger partial charge in [-0.2, -0.15) is 0 Å². The highest BCUT2D eigenvalue weighted by molar-refractivity contribution is 5.79. The summed E-state index contributed by atoms with van der Waals surface area (Å²) in [6.07, 6.45) is 3.77. The number of carbonyl (C=O) groups excluding carboxylic acids is 1. The Bertz CT molecular complexity index is 362. The predicted molar refractivity (Wildman–Crippen MR) is 80.1 cm³/mol. The van der Waals surface area contributed by atoms with Gasteiger partial charge in [-0.15, -0.1) is 0 Å². The number of hydrogen-bond acceptors (Lipinski definition) is 3. The summed E-state index contributed by atoms with van der Waals surface area (Å²) in [4.78, 5) is 27.3. The van der Waals surface area contributed by atoms with Crippen LogP contribution in [0.5, 0.6) is 0 Å². The number of rotatable bonds is 8. The van der Waals surface area contributed by atoms with Crippen molar-refractivity contribution in [2.24, 2.45) is 5.41 Å². The van der Waals surface area contributed by atoms with Crippen LogP contribution in [-0.4, -0.2) is 64.8 Å². The summed E-state index contributed by atoms with van der Waals surface area (Å²) in [5, 5.41) is 18.6. The number of carboxylic acid groups (broad SMARTS) is 1. The number of aliphatic hydroxyl groups is 1. The fourth-order valence-electron chi connectivity index (χ4n) is 2.97. The SMILES string of the molecule is CCCCN(CCO)C(=O)N1CCC(CCC)(C(=O)O)C1. The van der Waals surface area contributed by atoms with Gasteiger partial charge in [-0.05, 0) is 19.3 Å². The van der Waals surface area contributed by atoms with Crippen molar-refractivity contribution in [2.45, 2.75) is 46.0 Å². The molecule has 1 heterocycles. The fraction of sp³-hybridized carbons (Fsp3) is 0.867. The van der Waals surface area contributed by atoms with E-state index in [0.29, 0.717) is 32.5 Å². The van der Waals surface area contributed by atoms with Crippen molar-refractivity contribution >= 4 is 12.0 Å². The van der Waals surface area contributed by atoms with Crippen LogP contribution in [0.25, 0.3) is 0 Å². The van der Waals surface area contributed by atoms with Gasteiger partial charge in [0.1, 0.15) is 0 Å². The molecule has 0 radical (unpaired) electrons. The topological polar surface area (TPSA) is 81.1 Å². The van der Waals surface area contributed by atoms with Crippen LogP contribution in [0.3, 0.4) is 0 Å². The highest BCUT2D eigenvalue weighted by Gasteiger charge is 2.46. The van der Waals surface area contributed by atoms with Crippen molar-refractivity contribution in [1.29, 1.82) is 0 Å². The van der Waals surface area contributed by atoms with Crippen LogP contribution in [0.4, 0.5) is 4.79 Å². The molecule has 0 aromatic rings. The molecule has 0 bridgehead atoms. The van der Waals surface area contributed by atoms with Crippen LogP contribution in [-0.2, 0) is 4.79 Å². The van der Waals surface area contributed by atoms with E-state index in [1.54, 1.807) is 9.80 Å². The molecular weight excluding hydrogens is 272 g/mol. The molecule has 1 aliphatic heterocycles. The van der Waals surface area contributed by atoms with E-state index in [9.17, 15) is 14.7 Å². The summed E-state index contributed by atoms with van der Waals surface area (Å²) in [6.45, 7) is 5.64. The first-order chi connectivity index (χ1) is 10.0. The van der Waals surface area contributed by atoms with Gasteiger partial charge in [-0.3, -0.25) is 4.79 Å². The monoisotopic (exact) mass is 300 g/mol. The maximum Gasteiger partial charge on any atom is 0.320 e. The smallest absolute Gasteiger partial charge is 0.320 e. The Morgan fingerprint density at radius 1 is 1.24 bits per heavy atom. The third-order valence-electron chi connectivity index (χ3n) is 4.23. The highest BCUT2D eigenvalue weighted by atomic mass is 16.4. The molecule has 1 unspecified atom stereocenters. The lowest BCUT2D eigenvalue weighted by atomic mass is 9.83. The van der Waals surface area contributed by atoms with E-state index in [1.807, 2.05) is 13.8 Å². The normalized spacial score (nSPS) is 21.6. The van der Waals surface area contributed by atoms with Gasteiger partial charge in [0.2, 0.25) is 0 Å². The number of aliphatic hydroxyl groups excluding tert-OH is 1. The Kier molecular flexibility index (Phi) is 6.95. The third-order valence-corrected chi connectivity index (χ3v) is 4.23. The molecule has 1 atom stereocenters. The minimum absolute atomic E-state index is 0.0671. The zero-order chi connectivity index (χ0) is 15.9. The van der Waals surface area contributed by atoms with E-state index >= 15 is 0 Å². The van der Waals surface area contributed by atoms with Crippen molar-refractivity contribution in [2.75, 3.05) is 32.8 Å². The van der Waals surface area contributed by atoms with Gasteiger partial charge in [0.05, 0.1) is 12.0 Å². The average molecular weight is 300 g/mol. The number of aliphatic carboxylic acids is 1. The standard InChI is InChI=1S/C15H28N2O4/c1-3-5-8-16(10-11-18)14(21)17-9-7-15(12-17,6-4-2)13(19)20/h18H,3-12H2,1-2H3,(H,19,20). The molecule has 0 spiro atoms. The Morgan fingerprint density at radius 3 is 2.48 bits per heavy atom. The maximum atomic E-state index is 12.5. The van der Waals surface area contributed by atoms with Crippen LogP contribution < -0.4 is 0 Å². The van der Waals surface area contributed by atoms with E-state index in [-0.39, 0.29) is 19.2 Å². The molecule has 1 rings (SSSR count). The molecule has 0 aromatic carbocycles. The molecule has 1 fully saturated rings. The second kappa shape index (κ2) is 8.22. The van der Waals surface area contributed by atoms with E-state index in [4.69, 9.17) is 5.11 Å². The van der Waals surface area contributed by atoms with Gasteiger partial charge in [-0.25, -0.2) is 4.79 Å². The number of nitrogens with zero attached hydrogens (tertiary/aromatic N) is 2. The lowest BCUT2D eigenvalue weighted by Gasteiger charge is -2.29. The summed E-state index contributed by atoms with van der Waals surface area (Å²) >= 11 is 0. The van der Waals surface area contributed by atoms with Crippen molar-refractivity contribution in [1.82, 2.24) is 9.80 Å². The number of amides is 2. The quantitative estimate of drug-likeness (QED) is 0.716. The number of urea groups is 1. The molecule has 0 aliphatic carbocycles. The van der Waals surface area contributed by atoms with Crippen LogP contribution in [0, 0.1) is 5.41 Å². The number of hydrogen-bond donors (Lipinski definition) is 2.